The zero-order valence-corrected chi connectivity index (χ0v) is 7.65. The van der Waals surface area contributed by atoms with Crippen LogP contribution in [0.1, 0.15) is 20.3 Å². The van der Waals surface area contributed by atoms with Crippen LogP contribution in [0.25, 0.3) is 0 Å². The van der Waals surface area contributed by atoms with Crippen molar-refractivity contribution in [1.29, 1.82) is 0 Å². The molecule has 0 unspecified atom stereocenters. The predicted molar refractivity (Wildman–Crippen MR) is 45.7 cm³/mol. The molecule has 0 aromatic rings. The van der Waals surface area contributed by atoms with Gasteiger partial charge in [-0.1, -0.05) is 13.0 Å². The molecule has 0 atom stereocenters. The second kappa shape index (κ2) is 6.23. The zero-order chi connectivity index (χ0) is 8.69. The van der Waals surface area contributed by atoms with Crippen molar-refractivity contribution in [3.8, 4) is 0 Å². The minimum Gasteiger partial charge on any atom is -0.461 e. The molecule has 0 fully saturated rings. The molecule has 0 aromatic heterocycles. The monoisotopic (exact) mass is 176 g/mol. The van der Waals surface area contributed by atoms with Gasteiger partial charge in [-0.25, -0.2) is 0 Å². The summed E-state index contributed by atoms with van der Waals surface area (Å²) in [4.78, 5) is 10.4. The maximum Gasteiger partial charge on any atom is 0.302 e. The molecule has 0 spiro atoms. The number of allylic oxidation sites excluding steroid dienone is 1. The molecule has 0 aliphatic heterocycles. The maximum atomic E-state index is 10.4. The van der Waals surface area contributed by atoms with Crippen molar-refractivity contribution >= 4 is 17.6 Å². The lowest BCUT2D eigenvalue weighted by molar-refractivity contribution is -0.140. The molecule has 3 heteroatoms. The van der Waals surface area contributed by atoms with Gasteiger partial charge in [-0.2, -0.15) is 0 Å². The number of halogens is 1. The largest absolute Gasteiger partial charge is 0.461 e. The van der Waals surface area contributed by atoms with Crippen LogP contribution >= 0.6 is 11.6 Å². The highest BCUT2D eigenvalue weighted by molar-refractivity contribution is 6.18. The van der Waals surface area contributed by atoms with Gasteiger partial charge in [-0.15, -0.1) is 11.6 Å². The van der Waals surface area contributed by atoms with E-state index in [0.29, 0.717) is 12.5 Å². The molecule has 64 valence electrons. The molecular formula is C8H13ClO2. The van der Waals surface area contributed by atoms with Crippen molar-refractivity contribution in [1.82, 2.24) is 0 Å². The number of carbonyl (C=O) groups excluding carboxylic acids is 1. The summed E-state index contributed by atoms with van der Waals surface area (Å²) in [6.07, 6.45) is 2.74. The third kappa shape index (κ3) is 5.92. The number of esters is 1. The first-order chi connectivity index (χ1) is 5.20. The van der Waals surface area contributed by atoms with Crippen molar-refractivity contribution in [2.45, 2.75) is 20.3 Å². The van der Waals surface area contributed by atoms with Crippen molar-refractivity contribution in [2.75, 3.05) is 12.5 Å². The van der Waals surface area contributed by atoms with E-state index in [1.165, 1.54) is 6.92 Å². The van der Waals surface area contributed by atoms with E-state index in [0.717, 1.165) is 12.0 Å². The molecule has 0 rings (SSSR count). The maximum absolute atomic E-state index is 10.4. The Kier molecular flexibility index (Phi) is 5.94. The van der Waals surface area contributed by atoms with Gasteiger partial charge in [0.25, 0.3) is 0 Å². The Hall–Kier alpha value is -0.500. The summed E-state index contributed by atoms with van der Waals surface area (Å²) in [5.74, 6) is 0.226. The highest BCUT2D eigenvalue weighted by atomic mass is 35.5. The fourth-order valence-electron chi connectivity index (χ4n) is 0.609. The number of alkyl halides is 1. The number of carbonyl (C=O) groups is 1. The topological polar surface area (TPSA) is 26.3 Å². The van der Waals surface area contributed by atoms with E-state index < -0.39 is 0 Å². The summed E-state index contributed by atoms with van der Waals surface area (Å²) in [5, 5.41) is 0. The Bertz CT molecular complexity index is 152. The molecular weight excluding hydrogens is 164 g/mol. The molecule has 0 bridgehead atoms. The van der Waals surface area contributed by atoms with Crippen LogP contribution in [0.5, 0.6) is 0 Å². The summed E-state index contributed by atoms with van der Waals surface area (Å²) in [6, 6.07) is 0. The van der Waals surface area contributed by atoms with Crippen molar-refractivity contribution in [2.24, 2.45) is 0 Å². The molecule has 2 nitrogen and oxygen atoms in total. The molecule has 0 heterocycles. The van der Waals surface area contributed by atoms with Crippen molar-refractivity contribution in [3.63, 3.8) is 0 Å². The smallest absolute Gasteiger partial charge is 0.302 e. The first-order valence-corrected chi connectivity index (χ1v) is 4.11. The Morgan fingerprint density at radius 2 is 2.27 bits per heavy atom. The number of ether oxygens (including phenoxy) is 1. The molecule has 0 amide bonds. The number of hydrogen-bond acceptors (Lipinski definition) is 2. The zero-order valence-electron chi connectivity index (χ0n) is 6.89. The molecule has 0 saturated heterocycles. The molecule has 0 aliphatic rings. The fourth-order valence-corrected chi connectivity index (χ4v) is 0.827. The summed E-state index contributed by atoms with van der Waals surface area (Å²) in [5.41, 5.74) is 1.07. The lowest BCUT2D eigenvalue weighted by Crippen LogP contribution is -2.02. The van der Waals surface area contributed by atoms with E-state index in [-0.39, 0.29) is 5.97 Å². The van der Waals surface area contributed by atoms with Crippen LogP contribution in [0.15, 0.2) is 11.6 Å². The van der Waals surface area contributed by atoms with E-state index in [1.54, 1.807) is 0 Å². The minimum absolute atomic E-state index is 0.251. The van der Waals surface area contributed by atoms with Crippen molar-refractivity contribution in [3.05, 3.63) is 11.6 Å². The lowest BCUT2D eigenvalue weighted by atomic mass is 10.2. The predicted octanol–water partition coefficient (Wildman–Crippen LogP) is 2.12. The van der Waals surface area contributed by atoms with Crippen LogP contribution in [0, 0.1) is 0 Å². The van der Waals surface area contributed by atoms with Crippen molar-refractivity contribution < 1.29 is 9.53 Å². The van der Waals surface area contributed by atoms with Crippen LogP contribution < -0.4 is 0 Å². The summed E-state index contributed by atoms with van der Waals surface area (Å²) < 4.78 is 4.78. The summed E-state index contributed by atoms with van der Waals surface area (Å²) >= 11 is 5.47. The Morgan fingerprint density at radius 1 is 1.64 bits per heavy atom. The van der Waals surface area contributed by atoms with Crippen LogP contribution in [0.2, 0.25) is 0 Å². The van der Waals surface area contributed by atoms with Gasteiger partial charge in [0.05, 0.1) is 0 Å². The highest BCUT2D eigenvalue weighted by Crippen LogP contribution is 2.01. The molecule has 0 radical (unpaired) electrons. The van der Waals surface area contributed by atoms with Gasteiger partial charge in [0.2, 0.25) is 0 Å². The summed E-state index contributed by atoms with van der Waals surface area (Å²) in [7, 11) is 0. The first kappa shape index (κ1) is 10.5. The van der Waals surface area contributed by atoms with Crippen LogP contribution in [-0.4, -0.2) is 18.5 Å². The van der Waals surface area contributed by atoms with E-state index in [2.05, 4.69) is 0 Å². The standard InChI is InChI=1S/C8H13ClO2/c1-3-8(4-5-9)6-11-7(2)10/h4H,3,5-6H2,1-2H3/b8-4+. The Labute approximate surface area is 72.2 Å². The Balaban J connectivity index is 3.69. The summed E-state index contributed by atoms with van der Waals surface area (Å²) in [6.45, 7) is 3.77. The second-order valence-corrected chi connectivity index (χ2v) is 2.46. The quantitative estimate of drug-likeness (QED) is 0.373. The van der Waals surface area contributed by atoms with E-state index in [4.69, 9.17) is 16.3 Å². The van der Waals surface area contributed by atoms with Gasteiger partial charge in [0.15, 0.2) is 0 Å². The average Bonchev–Trinajstić information content (AvgIpc) is 1.97. The van der Waals surface area contributed by atoms with Gasteiger partial charge in [0.1, 0.15) is 6.61 Å². The molecule has 0 aromatic carbocycles. The fraction of sp³-hybridized carbons (Fsp3) is 0.625. The van der Waals surface area contributed by atoms with Gasteiger partial charge in [-0.3, -0.25) is 4.79 Å². The van der Waals surface area contributed by atoms with E-state index in [9.17, 15) is 4.79 Å². The van der Waals surface area contributed by atoms with Gasteiger partial charge >= 0.3 is 5.97 Å². The van der Waals surface area contributed by atoms with Crippen LogP contribution in [-0.2, 0) is 9.53 Å². The normalized spacial score (nSPS) is 11.4. The second-order valence-electron chi connectivity index (χ2n) is 2.15. The third-order valence-electron chi connectivity index (χ3n) is 1.28. The van der Waals surface area contributed by atoms with E-state index in [1.807, 2.05) is 13.0 Å². The number of hydrogen-bond donors (Lipinski definition) is 0. The first-order valence-electron chi connectivity index (χ1n) is 3.58. The minimum atomic E-state index is -0.251. The lowest BCUT2D eigenvalue weighted by Gasteiger charge is -2.03. The van der Waals surface area contributed by atoms with E-state index >= 15 is 0 Å². The van der Waals surface area contributed by atoms with Crippen LogP contribution in [0.3, 0.4) is 0 Å². The van der Waals surface area contributed by atoms with Gasteiger partial charge < -0.3 is 4.74 Å². The molecule has 11 heavy (non-hydrogen) atoms. The SMILES string of the molecule is CC/C(=C\CCl)COC(C)=O. The molecule has 0 saturated carbocycles. The third-order valence-corrected chi connectivity index (χ3v) is 1.44. The molecule has 0 N–H and O–H groups in total. The van der Waals surface area contributed by atoms with Crippen LogP contribution in [0.4, 0.5) is 0 Å². The highest BCUT2D eigenvalue weighted by Gasteiger charge is 1.96. The molecule has 0 aliphatic carbocycles. The Morgan fingerprint density at radius 3 is 2.64 bits per heavy atom. The average molecular weight is 177 g/mol. The van der Waals surface area contributed by atoms with Gasteiger partial charge in [-0.05, 0) is 12.0 Å². The van der Waals surface area contributed by atoms with Gasteiger partial charge in [0, 0.05) is 12.8 Å². The number of rotatable bonds is 4.